The highest BCUT2D eigenvalue weighted by molar-refractivity contribution is 14.0. The maximum Gasteiger partial charge on any atom is 0.251 e. The number of rotatable bonds is 8. The Morgan fingerprint density at radius 3 is 2.47 bits per heavy atom. The number of aryl methyl sites for hydroxylation is 1. The van der Waals surface area contributed by atoms with Crippen molar-refractivity contribution >= 4 is 35.8 Å². The molecule has 0 spiro atoms. The van der Waals surface area contributed by atoms with Gasteiger partial charge in [-0.15, -0.1) is 24.0 Å². The molecule has 0 aliphatic carbocycles. The molecule has 1 heterocycles. The van der Waals surface area contributed by atoms with Gasteiger partial charge in [-0.2, -0.15) is 0 Å². The van der Waals surface area contributed by atoms with Crippen molar-refractivity contribution in [3.8, 4) is 0 Å². The van der Waals surface area contributed by atoms with Crippen LogP contribution in [0.4, 0.5) is 0 Å². The summed E-state index contributed by atoms with van der Waals surface area (Å²) in [6, 6.07) is 17.9. The van der Waals surface area contributed by atoms with E-state index in [9.17, 15) is 4.79 Å². The minimum atomic E-state index is -0.0652. The average Bonchev–Trinajstić information content (AvgIpc) is 2.81. The molecule has 174 valence electrons. The molecule has 1 aliphatic heterocycles. The number of hydrogen-bond acceptors (Lipinski definition) is 3. The third-order valence-corrected chi connectivity index (χ3v) is 5.42. The smallest absolute Gasteiger partial charge is 0.251 e. The standard InChI is InChI=1S/C25H34N4O2.HI/c1-3-26-25(28-16-15-27-24(30)21-8-5-4-6-9-21)29-18-22-10-7-17-31-23(22)20-13-11-19(2)12-14-20;/h4-6,8-9,11-14,22-23H,3,7,10,15-18H2,1-2H3,(H,27,30)(H2,26,28,29);1H. The number of guanidine groups is 1. The summed E-state index contributed by atoms with van der Waals surface area (Å²) >= 11 is 0. The lowest BCUT2D eigenvalue weighted by Gasteiger charge is -2.31. The van der Waals surface area contributed by atoms with Crippen LogP contribution in [0, 0.1) is 12.8 Å². The van der Waals surface area contributed by atoms with Crippen LogP contribution in [0.25, 0.3) is 0 Å². The van der Waals surface area contributed by atoms with Crippen molar-refractivity contribution < 1.29 is 9.53 Å². The van der Waals surface area contributed by atoms with Crippen molar-refractivity contribution in [1.82, 2.24) is 16.0 Å². The first kappa shape index (κ1) is 26.1. The molecule has 1 aliphatic rings. The molecular weight excluding hydrogens is 515 g/mol. The van der Waals surface area contributed by atoms with E-state index in [4.69, 9.17) is 9.73 Å². The molecule has 0 radical (unpaired) electrons. The van der Waals surface area contributed by atoms with Gasteiger partial charge in [-0.05, 0) is 44.4 Å². The van der Waals surface area contributed by atoms with Gasteiger partial charge in [0.05, 0.1) is 6.10 Å². The first-order valence-electron chi connectivity index (χ1n) is 11.2. The van der Waals surface area contributed by atoms with Gasteiger partial charge in [0.1, 0.15) is 0 Å². The molecule has 7 heteroatoms. The zero-order valence-electron chi connectivity index (χ0n) is 19.0. The number of carbonyl (C=O) groups excluding carboxylic acids is 1. The Labute approximate surface area is 208 Å². The van der Waals surface area contributed by atoms with E-state index in [0.29, 0.717) is 31.1 Å². The van der Waals surface area contributed by atoms with Crippen LogP contribution in [-0.4, -0.2) is 44.7 Å². The molecule has 0 aromatic heterocycles. The number of aliphatic imine (C=N–C) groups is 1. The molecule has 0 bridgehead atoms. The average molecular weight is 550 g/mol. The number of benzene rings is 2. The largest absolute Gasteiger partial charge is 0.373 e. The van der Waals surface area contributed by atoms with Crippen LogP contribution in [-0.2, 0) is 4.74 Å². The van der Waals surface area contributed by atoms with Crippen molar-refractivity contribution in [2.24, 2.45) is 10.9 Å². The predicted molar refractivity (Wildman–Crippen MR) is 141 cm³/mol. The molecule has 32 heavy (non-hydrogen) atoms. The van der Waals surface area contributed by atoms with Crippen molar-refractivity contribution in [3.63, 3.8) is 0 Å². The lowest BCUT2D eigenvalue weighted by atomic mass is 9.89. The summed E-state index contributed by atoms with van der Waals surface area (Å²) in [4.78, 5) is 16.9. The highest BCUT2D eigenvalue weighted by Crippen LogP contribution is 2.33. The van der Waals surface area contributed by atoms with Crippen LogP contribution < -0.4 is 16.0 Å². The molecule has 1 saturated heterocycles. The Bertz CT molecular complexity index is 843. The van der Waals surface area contributed by atoms with E-state index in [1.165, 1.54) is 11.1 Å². The van der Waals surface area contributed by atoms with Gasteiger partial charge >= 0.3 is 0 Å². The fourth-order valence-electron chi connectivity index (χ4n) is 3.75. The Morgan fingerprint density at radius 2 is 1.75 bits per heavy atom. The summed E-state index contributed by atoms with van der Waals surface area (Å²) in [6.45, 7) is 7.56. The van der Waals surface area contributed by atoms with E-state index in [0.717, 1.165) is 32.0 Å². The van der Waals surface area contributed by atoms with Crippen LogP contribution in [0.15, 0.2) is 59.6 Å². The number of nitrogens with one attached hydrogen (secondary N) is 3. The zero-order valence-corrected chi connectivity index (χ0v) is 21.3. The van der Waals surface area contributed by atoms with Crippen LogP contribution >= 0.6 is 24.0 Å². The predicted octanol–water partition coefficient (Wildman–Crippen LogP) is 4.07. The van der Waals surface area contributed by atoms with Crippen LogP contribution in [0.1, 0.15) is 47.4 Å². The normalized spacial score (nSPS) is 18.4. The van der Waals surface area contributed by atoms with E-state index in [2.05, 4.69) is 47.1 Å². The number of carbonyl (C=O) groups is 1. The second-order valence-electron chi connectivity index (χ2n) is 7.87. The summed E-state index contributed by atoms with van der Waals surface area (Å²) in [5.74, 6) is 1.05. The fourth-order valence-corrected chi connectivity index (χ4v) is 3.75. The Morgan fingerprint density at radius 1 is 1.03 bits per heavy atom. The molecule has 6 nitrogen and oxygen atoms in total. The van der Waals surface area contributed by atoms with Gasteiger partial charge in [0.2, 0.25) is 0 Å². The summed E-state index contributed by atoms with van der Waals surface area (Å²) in [5, 5.41) is 9.53. The molecular formula is C25H35IN4O2. The SMILES string of the molecule is CCNC(=NCC1CCCOC1c1ccc(C)cc1)NCCNC(=O)c1ccccc1.I. The van der Waals surface area contributed by atoms with Crippen molar-refractivity contribution in [2.75, 3.05) is 32.8 Å². The zero-order chi connectivity index (χ0) is 21.9. The number of ether oxygens (including phenoxy) is 1. The van der Waals surface area contributed by atoms with Gasteiger partial charge in [0.25, 0.3) is 5.91 Å². The molecule has 3 rings (SSSR count). The molecule has 2 atom stereocenters. The molecule has 3 N–H and O–H groups in total. The van der Waals surface area contributed by atoms with E-state index < -0.39 is 0 Å². The third-order valence-electron chi connectivity index (χ3n) is 5.42. The minimum absolute atomic E-state index is 0. The molecule has 2 unspecified atom stereocenters. The van der Waals surface area contributed by atoms with E-state index in [-0.39, 0.29) is 36.0 Å². The summed E-state index contributed by atoms with van der Waals surface area (Å²) in [7, 11) is 0. The monoisotopic (exact) mass is 550 g/mol. The first-order valence-corrected chi connectivity index (χ1v) is 11.2. The second-order valence-corrected chi connectivity index (χ2v) is 7.87. The number of nitrogens with zero attached hydrogens (tertiary/aromatic N) is 1. The van der Waals surface area contributed by atoms with E-state index >= 15 is 0 Å². The second kappa shape index (κ2) is 14.1. The van der Waals surface area contributed by atoms with Crippen molar-refractivity contribution in [1.29, 1.82) is 0 Å². The summed E-state index contributed by atoms with van der Waals surface area (Å²) in [6.07, 6.45) is 2.26. The summed E-state index contributed by atoms with van der Waals surface area (Å²) in [5.41, 5.74) is 3.15. The van der Waals surface area contributed by atoms with Crippen molar-refractivity contribution in [2.45, 2.75) is 32.8 Å². The van der Waals surface area contributed by atoms with Gasteiger partial charge in [-0.3, -0.25) is 9.79 Å². The number of amides is 1. The molecule has 0 saturated carbocycles. The topological polar surface area (TPSA) is 74.8 Å². The molecule has 1 amide bonds. The Kier molecular flexibility index (Phi) is 11.5. The van der Waals surface area contributed by atoms with Crippen LogP contribution in [0.5, 0.6) is 0 Å². The molecule has 2 aromatic carbocycles. The van der Waals surface area contributed by atoms with E-state index in [1.807, 2.05) is 37.3 Å². The van der Waals surface area contributed by atoms with Crippen molar-refractivity contribution in [3.05, 3.63) is 71.3 Å². The lowest BCUT2D eigenvalue weighted by Crippen LogP contribution is -2.42. The van der Waals surface area contributed by atoms with Gasteiger partial charge < -0.3 is 20.7 Å². The third kappa shape index (κ3) is 8.09. The van der Waals surface area contributed by atoms with Gasteiger partial charge in [-0.1, -0.05) is 48.0 Å². The van der Waals surface area contributed by atoms with Gasteiger partial charge in [0, 0.05) is 44.3 Å². The number of halogens is 1. The fraction of sp³-hybridized carbons (Fsp3) is 0.440. The van der Waals surface area contributed by atoms with Gasteiger partial charge in [-0.25, -0.2) is 0 Å². The summed E-state index contributed by atoms with van der Waals surface area (Å²) < 4.78 is 6.12. The first-order chi connectivity index (χ1) is 15.2. The highest BCUT2D eigenvalue weighted by Gasteiger charge is 2.27. The molecule has 2 aromatic rings. The maximum atomic E-state index is 12.1. The maximum absolute atomic E-state index is 12.1. The molecule has 1 fully saturated rings. The number of hydrogen-bond donors (Lipinski definition) is 3. The van der Waals surface area contributed by atoms with Crippen LogP contribution in [0.3, 0.4) is 0 Å². The quantitative estimate of drug-likeness (QED) is 0.201. The Hall–Kier alpha value is -2.13. The van der Waals surface area contributed by atoms with Gasteiger partial charge in [0.15, 0.2) is 5.96 Å². The minimum Gasteiger partial charge on any atom is -0.373 e. The highest BCUT2D eigenvalue weighted by atomic mass is 127. The Balaban J connectivity index is 0.00000363. The van der Waals surface area contributed by atoms with E-state index in [1.54, 1.807) is 0 Å². The lowest BCUT2D eigenvalue weighted by molar-refractivity contribution is -0.0250. The van der Waals surface area contributed by atoms with Crippen LogP contribution in [0.2, 0.25) is 0 Å².